The van der Waals surface area contributed by atoms with Gasteiger partial charge in [0.2, 0.25) is 11.8 Å². The van der Waals surface area contributed by atoms with Gasteiger partial charge in [-0.05, 0) is 44.6 Å². The molecule has 2 amide bonds. The van der Waals surface area contributed by atoms with E-state index in [-0.39, 0.29) is 36.3 Å². The molecule has 6 heteroatoms. The van der Waals surface area contributed by atoms with Crippen molar-refractivity contribution >= 4 is 24.2 Å². The standard InChI is InChI=1S/C15H27N3O2.ClH/c1-10(2)9-13(14(19)16-3)18-8-4-5-12(18)15(20)17-11-6-7-11;/h10-13H,4-9H2,1-3H3,(H,16,19)(H,17,20);1H/t12-,13+;/m0./s1. The second-order valence-corrected chi connectivity index (χ2v) is 6.44. The molecule has 2 N–H and O–H groups in total. The Kier molecular flexibility index (Phi) is 6.94. The first-order valence-electron chi connectivity index (χ1n) is 7.80. The van der Waals surface area contributed by atoms with Gasteiger partial charge in [-0.25, -0.2) is 0 Å². The van der Waals surface area contributed by atoms with E-state index in [1.165, 1.54) is 0 Å². The molecule has 1 saturated heterocycles. The smallest absolute Gasteiger partial charge is 0.237 e. The Balaban J connectivity index is 0.00000220. The van der Waals surface area contributed by atoms with Gasteiger partial charge in [0.25, 0.3) is 0 Å². The predicted molar refractivity (Wildman–Crippen MR) is 85.5 cm³/mol. The molecule has 122 valence electrons. The van der Waals surface area contributed by atoms with Gasteiger partial charge >= 0.3 is 0 Å². The number of halogens is 1. The molecule has 1 aliphatic carbocycles. The van der Waals surface area contributed by atoms with Crippen LogP contribution in [0.25, 0.3) is 0 Å². The van der Waals surface area contributed by atoms with Crippen LogP contribution < -0.4 is 10.6 Å². The molecular weight excluding hydrogens is 290 g/mol. The topological polar surface area (TPSA) is 61.4 Å². The largest absolute Gasteiger partial charge is 0.358 e. The minimum atomic E-state index is -0.183. The zero-order valence-corrected chi connectivity index (χ0v) is 14.0. The molecule has 0 spiro atoms. The Morgan fingerprint density at radius 2 is 1.90 bits per heavy atom. The van der Waals surface area contributed by atoms with Gasteiger partial charge in [0.1, 0.15) is 0 Å². The van der Waals surface area contributed by atoms with E-state index in [0.717, 1.165) is 38.6 Å². The van der Waals surface area contributed by atoms with Crippen LogP contribution in [-0.2, 0) is 9.59 Å². The molecule has 0 bridgehead atoms. The fraction of sp³-hybridized carbons (Fsp3) is 0.867. The first-order valence-corrected chi connectivity index (χ1v) is 7.80. The summed E-state index contributed by atoms with van der Waals surface area (Å²) in [5, 5.41) is 5.83. The number of rotatable bonds is 6. The molecule has 1 heterocycles. The minimum absolute atomic E-state index is 0. The monoisotopic (exact) mass is 317 g/mol. The van der Waals surface area contributed by atoms with Crippen LogP contribution in [0.4, 0.5) is 0 Å². The minimum Gasteiger partial charge on any atom is -0.358 e. The Morgan fingerprint density at radius 3 is 2.43 bits per heavy atom. The van der Waals surface area contributed by atoms with Crippen molar-refractivity contribution in [1.29, 1.82) is 0 Å². The summed E-state index contributed by atoms with van der Waals surface area (Å²) in [5.41, 5.74) is 0. The summed E-state index contributed by atoms with van der Waals surface area (Å²) in [4.78, 5) is 26.6. The number of amides is 2. The summed E-state index contributed by atoms with van der Waals surface area (Å²) in [6.45, 7) is 5.07. The summed E-state index contributed by atoms with van der Waals surface area (Å²) in [5.74, 6) is 0.581. The van der Waals surface area contributed by atoms with Gasteiger partial charge in [0.15, 0.2) is 0 Å². The van der Waals surface area contributed by atoms with E-state index in [9.17, 15) is 9.59 Å². The van der Waals surface area contributed by atoms with E-state index in [1.807, 2.05) is 0 Å². The molecular formula is C15H28ClN3O2. The summed E-state index contributed by atoms with van der Waals surface area (Å²) < 4.78 is 0. The Labute approximate surface area is 133 Å². The molecule has 21 heavy (non-hydrogen) atoms. The first-order chi connectivity index (χ1) is 9.52. The number of carbonyl (C=O) groups excluding carboxylic acids is 2. The van der Waals surface area contributed by atoms with Crippen LogP contribution in [0.3, 0.4) is 0 Å². The van der Waals surface area contributed by atoms with Crippen molar-refractivity contribution in [2.24, 2.45) is 5.92 Å². The van der Waals surface area contributed by atoms with Crippen molar-refractivity contribution in [2.45, 2.75) is 64.1 Å². The van der Waals surface area contributed by atoms with Crippen LogP contribution in [0.1, 0.15) is 46.0 Å². The van der Waals surface area contributed by atoms with E-state index < -0.39 is 0 Å². The van der Waals surface area contributed by atoms with Crippen molar-refractivity contribution in [3.05, 3.63) is 0 Å². The fourth-order valence-electron chi connectivity index (χ4n) is 2.97. The molecule has 1 saturated carbocycles. The molecule has 0 radical (unpaired) electrons. The van der Waals surface area contributed by atoms with Crippen LogP contribution in [-0.4, -0.2) is 48.4 Å². The average molecular weight is 318 g/mol. The van der Waals surface area contributed by atoms with Crippen molar-refractivity contribution in [3.8, 4) is 0 Å². The maximum Gasteiger partial charge on any atom is 0.237 e. The molecule has 2 fully saturated rings. The van der Waals surface area contributed by atoms with Gasteiger partial charge in [0.05, 0.1) is 12.1 Å². The summed E-state index contributed by atoms with van der Waals surface area (Å²) >= 11 is 0. The third-order valence-electron chi connectivity index (χ3n) is 4.16. The first kappa shape index (κ1) is 18.2. The zero-order chi connectivity index (χ0) is 14.7. The molecule has 2 rings (SSSR count). The van der Waals surface area contributed by atoms with Crippen molar-refractivity contribution in [2.75, 3.05) is 13.6 Å². The van der Waals surface area contributed by atoms with Gasteiger partial charge < -0.3 is 10.6 Å². The van der Waals surface area contributed by atoms with Crippen LogP contribution >= 0.6 is 12.4 Å². The predicted octanol–water partition coefficient (Wildman–Crippen LogP) is 1.31. The molecule has 1 aliphatic heterocycles. The van der Waals surface area contributed by atoms with Gasteiger partial charge in [0, 0.05) is 13.1 Å². The zero-order valence-electron chi connectivity index (χ0n) is 13.2. The summed E-state index contributed by atoms with van der Waals surface area (Å²) in [6.07, 6.45) is 4.86. The average Bonchev–Trinajstić information content (AvgIpc) is 3.08. The Bertz CT molecular complexity index is 372. The highest BCUT2D eigenvalue weighted by molar-refractivity contribution is 5.86. The Hall–Kier alpha value is -0.810. The lowest BCUT2D eigenvalue weighted by Gasteiger charge is -2.32. The van der Waals surface area contributed by atoms with E-state index in [2.05, 4.69) is 29.4 Å². The van der Waals surface area contributed by atoms with Gasteiger partial charge in [-0.15, -0.1) is 12.4 Å². The van der Waals surface area contributed by atoms with E-state index in [4.69, 9.17) is 0 Å². The molecule has 0 aromatic rings. The fourth-order valence-corrected chi connectivity index (χ4v) is 2.97. The normalized spacial score (nSPS) is 23.5. The van der Waals surface area contributed by atoms with Crippen molar-refractivity contribution in [3.63, 3.8) is 0 Å². The SMILES string of the molecule is CNC(=O)[C@@H](CC(C)C)N1CCC[C@H]1C(=O)NC1CC1.Cl. The van der Waals surface area contributed by atoms with E-state index in [0.29, 0.717) is 12.0 Å². The number of hydrogen-bond acceptors (Lipinski definition) is 3. The van der Waals surface area contributed by atoms with E-state index in [1.54, 1.807) is 7.05 Å². The molecule has 2 atom stereocenters. The van der Waals surface area contributed by atoms with Crippen molar-refractivity contribution in [1.82, 2.24) is 15.5 Å². The second kappa shape index (κ2) is 7.99. The molecule has 5 nitrogen and oxygen atoms in total. The third kappa shape index (κ3) is 4.85. The molecule has 0 unspecified atom stereocenters. The third-order valence-corrected chi connectivity index (χ3v) is 4.16. The molecule has 2 aliphatic rings. The lowest BCUT2D eigenvalue weighted by molar-refractivity contribution is -0.131. The molecule has 0 aromatic heterocycles. The van der Waals surface area contributed by atoms with E-state index >= 15 is 0 Å². The van der Waals surface area contributed by atoms with Crippen LogP contribution in [0.5, 0.6) is 0 Å². The number of likely N-dealkylation sites (tertiary alicyclic amines) is 1. The number of hydrogen-bond donors (Lipinski definition) is 2. The molecule has 0 aromatic carbocycles. The maximum absolute atomic E-state index is 12.3. The highest BCUT2D eigenvalue weighted by Crippen LogP contribution is 2.26. The second-order valence-electron chi connectivity index (χ2n) is 6.44. The van der Waals surface area contributed by atoms with Crippen LogP contribution in [0.15, 0.2) is 0 Å². The van der Waals surface area contributed by atoms with Gasteiger partial charge in [-0.2, -0.15) is 0 Å². The quantitative estimate of drug-likeness (QED) is 0.776. The van der Waals surface area contributed by atoms with Gasteiger partial charge in [-0.1, -0.05) is 13.8 Å². The van der Waals surface area contributed by atoms with Gasteiger partial charge in [-0.3, -0.25) is 14.5 Å². The van der Waals surface area contributed by atoms with Crippen LogP contribution in [0, 0.1) is 5.92 Å². The highest BCUT2D eigenvalue weighted by Gasteiger charge is 2.39. The summed E-state index contributed by atoms with van der Waals surface area (Å²) in [6, 6.07) is 0.0719. The lowest BCUT2D eigenvalue weighted by Crippen LogP contribution is -2.53. The van der Waals surface area contributed by atoms with Crippen LogP contribution in [0.2, 0.25) is 0 Å². The summed E-state index contributed by atoms with van der Waals surface area (Å²) in [7, 11) is 1.67. The number of nitrogens with zero attached hydrogens (tertiary/aromatic N) is 1. The number of carbonyl (C=O) groups is 2. The van der Waals surface area contributed by atoms with Crippen molar-refractivity contribution < 1.29 is 9.59 Å². The number of likely N-dealkylation sites (N-methyl/N-ethyl adjacent to an activating group) is 1. The number of nitrogens with one attached hydrogen (secondary N) is 2. The lowest BCUT2D eigenvalue weighted by atomic mass is 10.0. The highest BCUT2D eigenvalue weighted by atomic mass is 35.5. The maximum atomic E-state index is 12.3. The Morgan fingerprint density at radius 1 is 1.24 bits per heavy atom.